The van der Waals surface area contributed by atoms with E-state index >= 15 is 0 Å². The summed E-state index contributed by atoms with van der Waals surface area (Å²) in [6, 6.07) is 8.19. The van der Waals surface area contributed by atoms with E-state index in [1.807, 2.05) is 18.2 Å². The van der Waals surface area contributed by atoms with Gasteiger partial charge < -0.3 is 5.11 Å². The average Bonchev–Trinajstić information content (AvgIpc) is 2.98. The van der Waals surface area contributed by atoms with Crippen molar-refractivity contribution in [3.05, 3.63) is 70.0 Å². The van der Waals surface area contributed by atoms with Crippen molar-refractivity contribution in [1.82, 2.24) is 14.5 Å². The number of fused-ring (bicyclic) bond motifs is 2. The number of hydrogen-bond acceptors (Lipinski definition) is 4. The first-order valence-corrected chi connectivity index (χ1v) is 7.52. The van der Waals surface area contributed by atoms with Gasteiger partial charge in [-0.05, 0) is 47.9 Å². The summed E-state index contributed by atoms with van der Waals surface area (Å²) in [6.07, 6.45) is 6.12. The van der Waals surface area contributed by atoms with Gasteiger partial charge in [0, 0.05) is 18.9 Å². The molecule has 0 spiro atoms. The van der Waals surface area contributed by atoms with Crippen LogP contribution in [-0.2, 0) is 6.54 Å². The van der Waals surface area contributed by atoms with Crippen LogP contribution >= 0.6 is 0 Å². The maximum atomic E-state index is 12.6. The molecule has 1 aliphatic heterocycles. The molecule has 6 heteroatoms. The first-order valence-electron chi connectivity index (χ1n) is 7.52. The number of carboxylic acid groups (broad SMARTS) is 1. The Morgan fingerprint density at radius 3 is 2.92 bits per heavy atom. The van der Waals surface area contributed by atoms with Crippen molar-refractivity contribution in [2.75, 3.05) is 0 Å². The Morgan fingerprint density at radius 1 is 1.29 bits per heavy atom. The molecular weight excluding hydrogens is 306 g/mol. The van der Waals surface area contributed by atoms with Gasteiger partial charge in [-0.25, -0.2) is 9.78 Å². The van der Waals surface area contributed by atoms with E-state index in [0.29, 0.717) is 29.7 Å². The van der Waals surface area contributed by atoms with E-state index in [9.17, 15) is 9.59 Å². The summed E-state index contributed by atoms with van der Waals surface area (Å²) in [5, 5.41) is 9.56. The van der Waals surface area contributed by atoms with Crippen LogP contribution in [0, 0.1) is 0 Å². The SMILES string of the molecule is O=C(O)c1ccc2c(=O)n3c(nc2c1)/C(=C/c1cccnc1)CC3. The predicted octanol–water partition coefficient (Wildman–Crippen LogP) is 2.43. The van der Waals surface area contributed by atoms with E-state index in [0.717, 1.165) is 11.1 Å². The smallest absolute Gasteiger partial charge is 0.335 e. The quantitative estimate of drug-likeness (QED) is 0.784. The molecule has 0 atom stereocenters. The first kappa shape index (κ1) is 14.3. The number of carbonyl (C=O) groups is 1. The molecule has 0 amide bonds. The highest BCUT2D eigenvalue weighted by atomic mass is 16.4. The van der Waals surface area contributed by atoms with Crippen LogP contribution in [0.3, 0.4) is 0 Å². The molecule has 0 saturated heterocycles. The molecule has 3 heterocycles. The van der Waals surface area contributed by atoms with Crippen LogP contribution in [-0.4, -0.2) is 25.6 Å². The Balaban J connectivity index is 1.92. The predicted molar refractivity (Wildman–Crippen MR) is 89.7 cm³/mol. The molecule has 1 aliphatic rings. The largest absolute Gasteiger partial charge is 0.478 e. The van der Waals surface area contributed by atoms with Gasteiger partial charge in [-0.15, -0.1) is 0 Å². The molecule has 0 bridgehead atoms. The lowest BCUT2D eigenvalue weighted by molar-refractivity contribution is 0.0697. The molecule has 0 radical (unpaired) electrons. The summed E-state index contributed by atoms with van der Waals surface area (Å²) >= 11 is 0. The van der Waals surface area contributed by atoms with Crippen molar-refractivity contribution in [2.24, 2.45) is 0 Å². The summed E-state index contributed by atoms with van der Waals surface area (Å²) in [6.45, 7) is 0.573. The number of hydrogen-bond donors (Lipinski definition) is 1. The van der Waals surface area contributed by atoms with E-state index in [1.54, 1.807) is 17.0 Å². The Bertz CT molecular complexity index is 1050. The van der Waals surface area contributed by atoms with E-state index in [4.69, 9.17) is 5.11 Å². The topological polar surface area (TPSA) is 85.1 Å². The van der Waals surface area contributed by atoms with Crippen LogP contribution in [0.5, 0.6) is 0 Å². The maximum absolute atomic E-state index is 12.6. The van der Waals surface area contributed by atoms with Gasteiger partial charge in [-0.2, -0.15) is 0 Å². The highest BCUT2D eigenvalue weighted by Crippen LogP contribution is 2.27. The molecule has 1 N–H and O–H groups in total. The molecule has 118 valence electrons. The molecule has 0 fully saturated rings. The molecule has 0 aliphatic carbocycles. The van der Waals surface area contributed by atoms with Gasteiger partial charge in [-0.1, -0.05) is 6.07 Å². The van der Waals surface area contributed by atoms with Gasteiger partial charge in [0.25, 0.3) is 5.56 Å². The highest BCUT2D eigenvalue weighted by Gasteiger charge is 2.21. The lowest BCUT2D eigenvalue weighted by Crippen LogP contribution is -2.21. The number of aromatic nitrogens is 3. The standard InChI is InChI=1S/C18H13N3O3/c22-17-14-4-3-13(18(23)24)9-15(14)20-16-12(5-7-21(16)17)8-11-2-1-6-19-10-11/h1-4,6,8-10H,5,7H2,(H,23,24)/b12-8+. The fourth-order valence-electron chi connectivity index (χ4n) is 2.95. The second-order valence-electron chi connectivity index (χ2n) is 5.64. The van der Waals surface area contributed by atoms with E-state index in [2.05, 4.69) is 9.97 Å². The Kier molecular flexibility index (Phi) is 3.23. The van der Waals surface area contributed by atoms with E-state index in [1.165, 1.54) is 18.2 Å². The van der Waals surface area contributed by atoms with Crippen molar-refractivity contribution in [3.63, 3.8) is 0 Å². The van der Waals surface area contributed by atoms with Gasteiger partial charge in [0.15, 0.2) is 0 Å². The fraction of sp³-hybridized carbons (Fsp3) is 0.111. The van der Waals surface area contributed by atoms with E-state index in [-0.39, 0.29) is 11.1 Å². The molecule has 24 heavy (non-hydrogen) atoms. The van der Waals surface area contributed by atoms with Crippen LogP contribution in [0.4, 0.5) is 0 Å². The minimum atomic E-state index is -1.04. The maximum Gasteiger partial charge on any atom is 0.335 e. The fourth-order valence-corrected chi connectivity index (χ4v) is 2.95. The minimum absolute atomic E-state index is 0.120. The van der Waals surface area contributed by atoms with Gasteiger partial charge in [-0.3, -0.25) is 14.3 Å². The third-order valence-electron chi connectivity index (χ3n) is 4.12. The summed E-state index contributed by atoms with van der Waals surface area (Å²) in [5.41, 5.74) is 2.28. The second kappa shape index (κ2) is 5.42. The molecule has 3 aromatic rings. The zero-order valence-electron chi connectivity index (χ0n) is 12.6. The first-order chi connectivity index (χ1) is 11.6. The Hall–Kier alpha value is -3.28. The Morgan fingerprint density at radius 2 is 2.17 bits per heavy atom. The normalized spacial score (nSPS) is 14.9. The number of allylic oxidation sites excluding steroid dienone is 1. The van der Waals surface area contributed by atoms with Crippen molar-refractivity contribution < 1.29 is 9.90 Å². The number of carboxylic acids is 1. The molecule has 1 aromatic carbocycles. The molecule has 2 aromatic heterocycles. The average molecular weight is 319 g/mol. The van der Waals surface area contributed by atoms with Crippen molar-refractivity contribution in [2.45, 2.75) is 13.0 Å². The molecule has 6 nitrogen and oxygen atoms in total. The zero-order valence-corrected chi connectivity index (χ0v) is 12.6. The van der Waals surface area contributed by atoms with Crippen LogP contribution in [0.25, 0.3) is 22.6 Å². The second-order valence-corrected chi connectivity index (χ2v) is 5.64. The summed E-state index contributed by atoms with van der Waals surface area (Å²) in [4.78, 5) is 32.4. The third-order valence-corrected chi connectivity index (χ3v) is 4.12. The number of nitrogens with zero attached hydrogens (tertiary/aromatic N) is 3. The number of rotatable bonds is 2. The molecule has 0 saturated carbocycles. The monoisotopic (exact) mass is 319 g/mol. The number of benzene rings is 1. The van der Waals surface area contributed by atoms with Gasteiger partial charge in [0.1, 0.15) is 5.82 Å². The molecule has 0 unspecified atom stereocenters. The molecule has 4 rings (SSSR count). The lowest BCUT2D eigenvalue weighted by Gasteiger charge is -2.06. The third kappa shape index (κ3) is 2.28. The summed E-state index contributed by atoms with van der Waals surface area (Å²) in [7, 11) is 0. The van der Waals surface area contributed by atoms with Crippen LogP contribution in [0.2, 0.25) is 0 Å². The summed E-state index contributed by atoms with van der Waals surface area (Å²) in [5.74, 6) is -0.440. The molecular formula is C18H13N3O3. The van der Waals surface area contributed by atoms with Crippen molar-refractivity contribution in [1.29, 1.82) is 0 Å². The lowest BCUT2D eigenvalue weighted by atomic mass is 10.1. The van der Waals surface area contributed by atoms with Gasteiger partial charge in [0.05, 0.1) is 16.5 Å². The highest BCUT2D eigenvalue weighted by molar-refractivity contribution is 5.93. The van der Waals surface area contributed by atoms with E-state index < -0.39 is 5.97 Å². The van der Waals surface area contributed by atoms with Gasteiger partial charge in [0.2, 0.25) is 0 Å². The minimum Gasteiger partial charge on any atom is -0.478 e. The summed E-state index contributed by atoms with van der Waals surface area (Å²) < 4.78 is 1.64. The van der Waals surface area contributed by atoms with Crippen molar-refractivity contribution in [3.8, 4) is 0 Å². The van der Waals surface area contributed by atoms with Gasteiger partial charge >= 0.3 is 5.97 Å². The van der Waals surface area contributed by atoms with Crippen LogP contribution in [0.1, 0.15) is 28.2 Å². The van der Waals surface area contributed by atoms with Crippen molar-refractivity contribution >= 4 is 28.5 Å². The van der Waals surface area contributed by atoms with Crippen LogP contribution in [0.15, 0.2) is 47.5 Å². The van der Waals surface area contributed by atoms with Crippen LogP contribution < -0.4 is 5.56 Å². The Labute approximate surface area is 136 Å². The number of aromatic carboxylic acids is 1. The zero-order chi connectivity index (χ0) is 16.7. The number of pyridine rings is 1.